The van der Waals surface area contributed by atoms with Crippen molar-refractivity contribution in [3.05, 3.63) is 0 Å². The summed E-state index contributed by atoms with van der Waals surface area (Å²) in [6.45, 7) is 7.26. The average molecular weight is 347 g/mol. The molecule has 0 aromatic heterocycles. The highest BCUT2D eigenvalue weighted by molar-refractivity contribution is 5.88. The first kappa shape index (κ1) is 20.2. The van der Waals surface area contributed by atoms with Gasteiger partial charge in [-0.2, -0.15) is 0 Å². The third-order valence-electron chi connectivity index (χ3n) is 4.66. The molecule has 6 heteroatoms. The zero-order valence-corrected chi connectivity index (χ0v) is 15.5. The van der Waals surface area contributed by atoms with Crippen molar-refractivity contribution in [1.29, 1.82) is 0 Å². The fourth-order valence-electron chi connectivity index (χ4n) is 3.77. The number of fused-ring (bicyclic) bond motifs is 1. The molecule has 134 valence electrons. The van der Waals surface area contributed by atoms with Crippen molar-refractivity contribution in [2.24, 2.45) is 11.7 Å². The smallest absolute Gasteiger partial charge is 0.329 e. The lowest BCUT2D eigenvalue weighted by molar-refractivity contribution is -0.164. The van der Waals surface area contributed by atoms with Gasteiger partial charge in [0.15, 0.2) is 0 Å². The van der Waals surface area contributed by atoms with Gasteiger partial charge in [-0.25, -0.2) is 4.79 Å². The fourth-order valence-corrected chi connectivity index (χ4v) is 3.77. The minimum absolute atomic E-state index is 0. The maximum absolute atomic E-state index is 12.6. The Bertz CT molecular complexity index is 434. The Morgan fingerprint density at radius 2 is 1.78 bits per heavy atom. The number of rotatable bonds is 2. The van der Waals surface area contributed by atoms with Crippen LogP contribution in [0.15, 0.2) is 0 Å². The van der Waals surface area contributed by atoms with Crippen molar-refractivity contribution in [3.8, 4) is 0 Å². The van der Waals surface area contributed by atoms with E-state index in [2.05, 4.69) is 0 Å². The monoisotopic (exact) mass is 346 g/mol. The maximum Gasteiger partial charge on any atom is 0.329 e. The Labute approximate surface area is 145 Å². The topological polar surface area (TPSA) is 72.6 Å². The van der Waals surface area contributed by atoms with Crippen LogP contribution in [0.4, 0.5) is 0 Å². The first-order chi connectivity index (χ1) is 10.2. The summed E-state index contributed by atoms with van der Waals surface area (Å²) in [5, 5.41) is 0. The molecule has 2 N–H and O–H groups in total. The molecule has 0 aromatic rings. The van der Waals surface area contributed by atoms with Crippen LogP contribution in [-0.2, 0) is 14.3 Å². The van der Waals surface area contributed by atoms with Crippen LogP contribution >= 0.6 is 12.4 Å². The number of likely N-dealkylation sites (tertiary alicyclic amines) is 1. The number of carbonyl (C=O) groups excluding carboxylic acids is 2. The molecule has 2 aliphatic rings. The lowest BCUT2D eigenvalue weighted by atomic mass is 9.94. The summed E-state index contributed by atoms with van der Waals surface area (Å²) >= 11 is 0. The molecule has 0 bridgehead atoms. The van der Waals surface area contributed by atoms with Crippen LogP contribution in [0, 0.1) is 5.92 Å². The first-order valence-corrected chi connectivity index (χ1v) is 8.51. The van der Waals surface area contributed by atoms with Crippen LogP contribution < -0.4 is 5.73 Å². The molecule has 23 heavy (non-hydrogen) atoms. The largest absolute Gasteiger partial charge is 0.458 e. The van der Waals surface area contributed by atoms with E-state index in [1.165, 1.54) is 12.8 Å². The summed E-state index contributed by atoms with van der Waals surface area (Å²) in [6.07, 6.45) is 6.30. The predicted molar refractivity (Wildman–Crippen MR) is 92.4 cm³/mol. The molecule has 1 heterocycles. The molecule has 0 radical (unpaired) electrons. The Kier molecular flexibility index (Phi) is 6.90. The molecule has 0 aromatic carbocycles. The Balaban J connectivity index is 0.00000264. The van der Waals surface area contributed by atoms with Gasteiger partial charge in [0.2, 0.25) is 5.91 Å². The quantitative estimate of drug-likeness (QED) is 0.780. The molecule has 2 rings (SSSR count). The number of ether oxygens (including phenoxy) is 1. The number of esters is 1. The van der Waals surface area contributed by atoms with Gasteiger partial charge in [-0.05, 0) is 52.9 Å². The molecule has 4 atom stereocenters. The van der Waals surface area contributed by atoms with Crippen LogP contribution in [0.2, 0.25) is 0 Å². The van der Waals surface area contributed by atoms with Gasteiger partial charge in [0.1, 0.15) is 11.6 Å². The van der Waals surface area contributed by atoms with Gasteiger partial charge in [0.25, 0.3) is 0 Å². The maximum atomic E-state index is 12.6. The molecule has 5 nitrogen and oxygen atoms in total. The summed E-state index contributed by atoms with van der Waals surface area (Å²) in [7, 11) is 0. The number of halogens is 1. The van der Waals surface area contributed by atoms with E-state index in [1.807, 2.05) is 20.8 Å². The zero-order valence-electron chi connectivity index (χ0n) is 14.7. The lowest BCUT2D eigenvalue weighted by Gasteiger charge is -2.33. The van der Waals surface area contributed by atoms with E-state index in [9.17, 15) is 9.59 Å². The first-order valence-electron chi connectivity index (χ1n) is 8.51. The lowest BCUT2D eigenvalue weighted by Crippen LogP contribution is -2.52. The summed E-state index contributed by atoms with van der Waals surface area (Å²) in [6, 6.07) is -0.892. The molecular weight excluding hydrogens is 316 g/mol. The van der Waals surface area contributed by atoms with E-state index in [1.54, 1.807) is 11.8 Å². The molecule has 2 fully saturated rings. The van der Waals surface area contributed by atoms with E-state index in [0.717, 1.165) is 25.7 Å². The molecule has 1 aliphatic carbocycles. The van der Waals surface area contributed by atoms with Crippen LogP contribution in [0.25, 0.3) is 0 Å². The minimum atomic E-state index is -0.577. The second-order valence-corrected chi connectivity index (χ2v) is 7.78. The third-order valence-corrected chi connectivity index (χ3v) is 4.66. The van der Waals surface area contributed by atoms with E-state index in [-0.39, 0.29) is 30.3 Å². The van der Waals surface area contributed by atoms with Gasteiger partial charge in [-0.15, -0.1) is 12.4 Å². The number of amides is 1. The summed E-state index contributed by atoms with van der Waals surface area (Å²) in [5.41, 5.74) is 5.29. The van der Waals surface area contributed by atoms with Gasteiger partial charge in [-0.3, -0.25) is 4.79 Å². The fraction of sp³-hybridized carbons (Fsp3) is 0.882. The summed E-state index contributed by atoms with van der Waals surface area (Å²) in [4.78, 5) is 26.9. The van der Waals surface area contributed by atoms with Crippen molar-refractivity contribution < 1.29 is 14.3 Å². The number of nitrogens with two attached hydrogens (primary N) is 1. The van der Waals surface area contributed by atoms with Crippen molar-refractivity contribution in [1.82, 2.24) is 4.90 Å². The Hall–Kier alpha value is -0.810. The van der Waals surface area contributed by atoms with Gasteiger partial charge in [0.05, 0.1) is 6.04 Å². The minimum Gasteiger partial charge on any atom is -0.458 e. The average Bonchev–Trinajstić information content (AvgIpc) is 2.59. The normalized spacial score (nSPS) is 29.1. The highest BCUT2D eigenvalue weighted by Crippen LogP contribution is 2.39. The van der Waals surface area contributed by atoms with Gasteiger partial charge in [-0.1, -0.05) is 19.3 Å². The van der Waals surface area contributed by atoms with Crippen molar-refractivity contribution >= 4 is 24.3 Å². The Morgan fingerprint density at radius 1 is 1.17 bits per heavy atom. The summed E-state index contributed by atoms with van der Waals surface area (Å²) < 4.78 is 5.55. The second-order valence-electron chi connectivity index (χ2n) is 7.78. The number of carbonyl (C=O) groups is 2. The SMILES string of the molecule is C[C@H](N)C(=O)N1[C@@H]2CCCCC[C@H]2C[C@H]1C(=O)OC(C)(C)C.Cl. The molecule has 1 aliphatic heterocycles. The number of hydrogen-bond acceptors (Lipinski definition) is 4. The highest BCUT2D eigenvalue weighted by Gasteiger charge is 2.48. The van der Waals surface area contributed by atoms with Crippen molar-refractivity contribution in [2.75, 3.05) is 0 Å². The van der Waals surface area contributed by atoms with Gasteiger partial charge in [0, 0.05) is 6.04 Å². The van der Waals surface area contributed by atoms with E-state index >= 15 is 0 Å². The van der Waals surface area contributed by atoms with E-state index in [4.69, 9.17) is 10.5 Å². The summed E-state index contributed by atoms with van der Waals surface area (Å²) in [5.74, 6) is 0.00236. The highest BCUT2D eigenvalue weighted by atomic mass is 35.5. The van der Waals surface area contributed by atoms with Crippen LogP contribution in [0.3, 0.4) is 0 Å². The predicted octanol–water partition coefficient (Wildman–Crippen LogP) is 2.65. The van der Waals surface area contributed by atoms with Gasteiger partial charge < -0.3 is 15.4 Å². The van der Waals surface area contributed by atoms with Crippen molar-refractivity contribution in [3.63, 3.8) is 0 Å². The Morgan fingerprint density at radius 3 is 2.35 bits per heavy atom. The zero-order chi connectivity index (χ0) is 16.5. The van der Waals surface area contributed by atoms with Crippen LogP contribution in [-0.4, -0.2) is 40.5 Å². The van der Waals surface area contributed by atoms with E-state index < -0.39 is 17.7 Å². The molecule has 0 unspecified atom stereocenters. The van der Waals surface area contributed by atoms with Crippen LogP contribution in [0.5, 0.6) is 0 Å². The molecule has 1 saturated carbocycles. The number of nitrogens with zero attached hydrogens (tertiary/aromatic N) is 1. The van der Waals surface area contributed by atoms with Gasteiger partial charge >= 0.3 is 5.97 Å². The third kappa shape index (κ3) is 4.83. The second kappa shape index (κ2) is 7.84. The molecule has 1 saturated heterocycles. The van der Waals surface area contributed by atoms with E-state index in [0.29, 0.717) is 5.92 Å². The standard InChI is InChI=1S/C17H30N2O3.ClH/c1-11(18)15(20)19-13-9-7-5-6-8-12(13)10-14(19)16(21)22-17(2,3)4;/h11-14H,5-10,18H2,1-4H3;1H/t11-,12-,13+,14-;/m0./s1. The molecular formula is C17H31ClN2O3. The number of hydrogen-bond donors (Lipinski definition) is 1. The molecule has 0 spiro atoms. The van der Waals surface area contributed by atoms with Crippen molar-refractivity contribution in [2.45, 2.75) is 89.9 Å². The van der Waals surface area contributed by atoms with Crippen LogP contribution in [0.1, 0.15) is 66.2 Å². The molecule has 1 amide bonds.